The van der Waals surface area contributed by atoms with Crippen LogP contribution in [-0.4, -0.2) is 30.0 Å². The summed E-state index contributed by atoms with van der Waals surface area (Å²) >= 11 is 1.21. The molecule has 178 valence electrons. The number of thioether (sulfide) groups is 1. The van der Waals surface area contributed by atoms with Gasteiger partial charge in [0.15, 0.2) is 0 Å². The minimum atomic E-state index is -1.35. The molecule has 3 aromatic rings. The van der Waals surface area contributed by atoms with Crippen molar-refractivity contribution in [1.82, 2.24) is 0 Å². The number of hydrogen-bond acceptors (Lipinski definition) is 4. The van der Waals surface area contributed by atoms with Gasteiger partial charge in [0.1, 0.15) is 18.2 Å². The second kappa shape index (κ2) is 8.49. The maximum absolute atomic E-state index is 14.0. The predicted molar refractivity (Wildman–Crippen MR) is 131 cm³/mol. The number of rotatable bonds is 4. The molecular formula is C26H21F2N3O3S. The van der Waals surface area contributed by atoms with Gasteiger partial charge in [-0.15, -0.1) is 11.8 Å². The minimum absolute atomic E-state index is 0.105. The Kier molecular flexibility index (Phi) is 5.59. The summed E-state index contributed by atoms with van der Waals surface area (Å²) in [6, 6.07) is 15.5. The molecule has 2 aliphatic heterocycles. The fourth-order valence-corrected chi connectivity index (χ4v) is 5.86. The second-order valence-corrected chi connectivity index (χ2v) is 9.68. The number of nitrogens with one attached hydrogen (secondary N) is 1. The molecule has 5 rings (SSSR count). The molecule has 3 aromatic carbocycles. The SMILES string of the molecule is Cc1ccc(N2C(=O)CSC23C(=O)N(CC(=O)Nc2ccc(F)cc2F)c2ccccc23)cc1C. The van der Waals surface area contributed by atoms with Gasteiger partial charge in [0.2, 0.25) is 16.7 Å². The van der Waals surface area contributed by atoms with Crippen LogP contribution in [0.5, 0.6) is 0 Å². The molecular weight excluding hydrogens is 472 g/mol. The zero-order valence-electron chi connectivity index (χ0n) is 19.0. The summed E-state index contributed by atoms with van der Waals surface area (Å²) in [5.41, 5.74) is 3.58. The van der Waals surface area contributed by atoms with Crippen LogP contribution in [0.25, 0.3) is 0 Å². The summed E-state index contributed by atoms with van der Waals surface area (Å²) in [6.07, 6.45) is 0. The number of carbonyl (C=O) groups excluding carboxylic acids is 3. The summed E-state index contributed by atoms with van der Waals surface area (Å²) in [4.78, 5) is 41.4. The molecule has 35 heavy (non-hydrogen) atoms. The standard InChI is InChI=1S/C26H21F2N3O3S/c1-15-7-9-18(11-16(15)2)31-24(33)14-35-26(31)19-5-3-4-6-22(19)30(25(26)34)13-23(32)29-21-10-8-17(27)12-20(21)28/h3-12H,13-14H2,1-2H3,(H,29,32). The smallest absolute Gasteiger partial charge is 0.269 e. The topological polar surface area (TPSA) is 69.7 Å². The summed E-state index contributed by atoms with van der Waals surface area (Å²) in [5, 5.41) is 2.40. The number of fused-ring (bicyclic) bond motifs is 2. The molecule has 1 fully saturated rings. The summed E-state index contributed by atoms with van der Waals surface area (Å²) < 4.78 is 27.3. The van der Waals surface area contributed by atoms with E-state index in [1.807, 2.05) is 32.0 Å². The monoisotopic (exact) mass is 493 g/mol. The van der Waals surface area contributed by atoms with Gasteiger partial charge in [0.05, 0.1) is 17.1 Å². The fourth-order valence-electron chi connectivity index (χ4n) is 4.50. The van der Waals surface area contributed by atoms with E-state index in [0.717, 1.165) is 23.3 Å². The van der Waals surface area contributed by atoms with E-state index in [2.05, 4.69) is 5.32 Å². The molecule has 2 aliphatic rings. The highest BCUT2D eigenvalue weighted by atomic mass is 32.2. The van der Waals surface area contributed by atoms with E-state index in [1.165, 1.54) is 21.6 Å². The van der Waals surface area contributed by atoms with Gasteiger partial charge in [0, 0.05) is 17.3 Å². The van der Waals surface area contributed by atoms with Crippen LogP contribution in [0.1, 0.15) is 16.7 Å². The number of hydrogen-bond donors (Lipinski definition) is 1. The van der Waals surface area contributed by atoms with Gasteiger partial charge in [-0.05, 0) is 55.3 Å². The largest absolute Gasteiger partial charge is 0.322 e. The van der Waals surface area contributed by atoms with Crippen LogP contribution in [0.2, 0.25) is 0 Å². The summed E-state index contributed by atoms with van der Waals surface area (Å²) in [7, 11) is 0. The van der Waals surface area contributed by atoms with Crippen LogP contribution in [0, 0.1) is 25.5 Å². The Morgan fingerprint density at radius 3 is 2.54 bits per heavy atom. The molecule has 1 atom stereocenters. The van der Waals surface area contributed by atoms with E-state index in [-0.39, 0.29) is 17.3 Å². The zero-order valence-corrected chi connectivity index (χ0v) is 19.8. The van der Waals surface area contributed by atoms with Gasteiger partial charge in [0.25, 0.3) is 5.91 Å². The Morgan fingerprint density at radius 2 is 1.80 bits per heavy atom. The molecule has 1 spiro atoms. The van der Waals surface area contributed by atoms with E-state index in [9.17, 15) is 23.2 Å². The van der Waals surface area contributed by atoms with Crippen molar-refractivity contribution in [3.8, 4) is 0 Å². The number of aryl methyl sites for hydroxylation is 2. The molecule has 0 aromatic heterocycles. The van der Waals surface area contributed by atoms with Crippen LogP contribution >= 0.6 is 11.8 Å². The third-order valence-electron chi connectivity index (χ3n) is 6.32. The lowest BCUT2D eigenvalue weighted by molar-refractivity contribution is -0.124. The minimum Gasteiger partial charge on any atom is -0.322 e. The maximum Gasteiger partial charge on any atom is 0.269 e. The average molecular weight is 494 g/mol. The van der Waals surface area contributed by atoms with Crippen LogP contribution in [0.15, 0.2) is 60.7 Å². The molecule has 2 heterocycles. The molecule has 3 amide bonds. The van der Waals surface area contributed by atoms with E-state index in [1.54, 1.807) is 24.3 Å². The third-order valence-corrected chi connectivity index (χ3v) is 7.71. The molecule has 0 aliphatic carbocycles. The highest BCUT2D eigenvalue weighted by Crippen LogP contribution is 2.55. The van der Waals surface area contributed by atoms with Crippen molar-refractivity contribution in [2.75, 3.05) is 27.4 Å². The third kappa shape index (κ3) is 3.67. The lowest BCUT2D eigenvalue weighted by atomic mass is 10.0. The van der Waals surface area contributed by atoms with Crippen molar-refractivity contribution >= 4 is 46.5 Å². The molecule has 9 heteroatoms. The normalized spacial score (nSPS) is 19.0. The van der Waals surface area contributed by atoms with Gasteiger partial charge >= 0.3 is 0 Å². The highest BCUT2D eigenvalue weighted by molar-refractivity contribution is 8.02. The van der Waals surface area contributed by atoms with Crippen molar-refractivity contribution in [2.24, 2.45) is 0 Å². The first kappa shape index (κ1) is 23.0. The van der Waals surface area contributed by atoms with Crippen LogP contribution in [0.4, 0.5) is 25.8 Å². The summed E-state index contributed by atoms with van der Waals surface area (Å²) in [6.45, 7) is 3.51. The number of benzene rings is 3. The van der Waals surface area contributed by atoms with Crippen molar-refractivity contribution < 1.29 is 23.2 Å². The number of anilines is 3. The van der Waals surface area contributed by atoms with E-state index in [4.69, 9.17) is 0 Å². The quantitative estimate of drug-likeness (QED) is 0.581. The molecule has 0 bridgehead atoms. The number of halogens is 2. The van der Waals surface area contributed by atoms with Crippen LogP contribution < -0.4 is 15.1 Å². The second-order valence-electron chi connectivity index (χ2n) is 8.51. The highest BCUT2D eigenvalue weighted by Gasteiger charge is 2.61. The average Bonchev–Trinajstić information content (AvgIpc) is 3.29. The molecule has 1 saturated heterocycles. The Hall–Kier alpha value is -3.72. The zero-order chi connectivity index (χ0) is 24.9. The number of amides is 3. The van der Waals surface area contributed by atoms with Crippen molar-refractivity contribution in [1.29, 1.82) is 0 Å². The number of carbonyl (C=O) groups is 3. The van der Waals surface area contributed by atoms with Gasteiger partial charge in [-0.1, -0.05) is 24.3 Å². The van der Waals surface area contributed by atoms with Gasteiger partial charge in [-0.25, -0.2) is 8.78 Å². The Morgan fingerprint density at radius 1 is 1.03 bits per heavy atom. The Labute approximate surface area is 204 Å². The molecule has 0 radical (unpaired) electrons. The molecule has 0 saturated carbocycles. The van der Waals surface area contributed by atoms with Crippen molar-refractivity contribution in [3.05, 3.63) is 89.0 Å². The van der Waals surface area contributed by atoms with Crippen molar-refractivity contribution in [3.63, 3.8) is 0 Å². The lowest BCUT2D eigenvalue weighted by Crippen LogP contribution is -2.51. The van der Waals surface area contributed by atoms with E-state index in [0.29, 0.717) is 23.0 Å². The van der Waals surface area contributed by atoms with Crippen LogP contribution in [0.3, 0.4) is 0 Å². The number of para-hydroxylation sites is 1. The van der Waals surface area contributed by atoms with E-state index >= 15 is 0 Å². The van der Waals surface area contributed by atoms with Crippen molar-refractivity contribution in [2.45, 2.75) is 18.7 Å². The van der Waals surface area contributed by atoms with Gasteiger partial charge in [-0.2, -0.15) is 0 Å². The predicted octanol–water partition coefficient (Wildman–Crippen LogP) is 4.50. The summed E-state index contributed by atoms with van der Waals surface area (Å²) in [5.74, 6) is -2.86. The van der Waals surface area contributed by atoms with Gasteiger partial charge in [-0.3, -0.25) is 24.2 Å². The fraction of sp³-hybridized carbons (Fsp3) is 0.192. The van der Waals surface area contributed by atoms with E-state index < -0.39 is 34.9 Å². The first-order valence-electron chi connectivity index (χ1n) is 10.9. The number of nitrogens with zero attached hydrogens (tertiary/aromatic N) is 2. The lowest BCUT2D eigenvalue weighted by Gasteiger charge is -2.33. The Bertz CT molecular complexity index is 1400. The van der Waals surface area contributed by atoms with Crippen LogP contribution in [-0.2, 0) is 19.3 Å². The Balaban J connectivity index is 1.52. The van der Waals surface area contributed by atoms with Gasteiger partial charge < -0.3 is 5.32 Å². The molecule has 1 N–H and O–H groups in total. The maximum atomic E-state index is 14.0. The first-order chi connectivity index (χ1) is 16.7. The molecule has 6 nitrogen and oxygen atoms in total. The first-order valence-corrected chi connectivity index (χ1v) is 11.9. The molecule has 1 unspecified atom stereocenters.